The van der Waals surface area contributed by atoms with E-state index in [1.54, 1.807) is 0 Å². The first-order chi connectivity index (χ1) is 9.83. The maximum atomic E-state index is 13.4. The quantitative estimate of drug-likeness (QED) is 0.493. The number of aromatic nitrogens is 1. The molecule has 0 saturated carbocycles. The third kappa shape index (κ3) is 1.60. The number of hydrogen-bond donors (Lipinski definition) is 0. The lowest BCUT2D eigenvalue weighted by molar-refractivity contribution is 0.626. The van der Waals surface area contributed by atoms with Crippen LogP contribution in [0.2, 0.25) is 0 Å². The van der Waals surface area contributed by atoms with E-state index in [9.17, 15) is 4.39 Å². The molecule has 0 fully saturated rings. The average molecular weight is 263 g/mol. The van der Waals surface area contributed by atoms with E-state index in [1.165, 1.54) is 18.3 Å². The van der Waals surface area contributed by atoms with Crippen LogP contribution < -0.4 is 0 Å². The number of rotatable bonds is 1. The number of pyridine rings is 1. The van der Waals surface area contributed by atoms with Gasteiger partial charge in [-0.3, -0.25) is 4.98 Å². The van der Waals surface area contributed by atoms with Crippen LogP contribution in [0.15, 0.2) is 65.2 Å². The third-order valence-electron chi connectivity index (χ3n) is 3.40. The van der Waals surface area contributed by atoms with Gasteiger partial charge < -0.3 is 4.42 Å². The van der Waals surface area contributed by atoms with Gasteiger partial charge in [0.05, 0.1) is 5.69 Å². The van der Waals surface area contributed by atoms with Gasteiger partial charge in [0.25, 0.3) is 0 Å². The first kappa shape index (κ1) is 11.2. The summed E-state index contributed by atoms with van der Waals surface area (Å²) >= 11 is 0. The standard InChI is InChI=1S/C17H10FNO/c18-11-8-9-19-15(10-11)14-6-3-5-13-12-4-1-2-7-16(12)20-17(13)14/h1-10H. The molecular weight excluding hydrogens is 253 g/mol. The summed E-state index contributed by atoms with van der Waals surface area (Å²) in [6, 6.07) is 16.4. The molecule has 2 aromatic heterocycles. The van der Waals surface area contributed by atoms with Crippen molar-refractivity contribution in [2.45, 2.75) is 0 Å². The Balaban J connectivity index is 2.10. The molecule has 0 atom stereocenters. The van der Waals surface area contributed by atoms with Crippen LogP contribution >= 0.6 is 0 Å². The molecule has 0 N–H and O–H groups in total. The summed E-state index contributed by atoms with van der Waals surface area (Å²) in [5, 5.41) is 2.07. The predicted octanol–water partition coefficient (Wildman–Crippen LogP) is 4.79. The van der Waals surface area contributed by atoms with Gasteiger partial charge in [0, 0.05) is 28.6 Å². The molecule has 3 heteroatoms. The molecule has 0 bridgehead atoms. The molecule has 0 aliphatic carbocycles. The Hall–Kier alpha value is -2.68. The van der Waals surface area contributed by atoms with Crippen molar-refractivity contribution in [2.24, 2.45) is 0 Å². The second kappa shape index (κ2) is 4.17. The Morgan fingerprint density at radius 2 is 1.75 bits per heavy atom. The molecule has 0 spiro atoms. The minimum Gasteiger partial charge on any atom is -0.455 e. The van der Waals surface area contributed by atoms with Gasteiger partial charge in [0.15, 0.2) is 0 Å². The summed E-state index contributed by atoms with van der Waals surface area (Å²) in [7, 11) is 0. The van der Waals surface area contributed by atoms with Crippen molar-refractivity contribution in [2.75, 3.05) is 0 Å². The monoisotopic (exact) mass is 263 g/mol. The molecule has 2 nitrogen and oxygen atoms in total. The Kier molecular flexibility index (Phi) is 2.33. The fraction of sp³-hybridized carbons (Fsp3) is 0. The van der Waals surface area contributed by atoms with E-state index in [0.717, 1.165) is 27.5 Å². The van der Waals surface area contributed by atoms with Gasteiger partial charge in [-0.2, -0.15) is 0 Å². The predicted molar refractivity (Wildman–Crippen MR) is 76.9 cm³/mol. The smallest absolute Gasteiger partial charge is 0.144 e. The Bertz CT molecular complexity index is 926. The van der Waals surface area contributed by atoms with E-state index in [1.807, 2.05) is 42.5 Å². The van der Waals surface area contributed by atoms with Crippen LogP contribution in [0, 0.1) is 5.82 Å². The topological polar surface area (TPSA) is 26.0 Å². The highest BCUT2D eigenvalue weighted by atomic mass is 19.1. The van der Waals surface area contributed by atoms with Gasteiger partial charge in [-0.25, -0.2) is 4.39 Å². The van der Waals surface area contributed by atoms with E-state index in [4.69, 9.17) is 4.42 Å². The van der Waals surface area contributed by atoms with Crippen molar-refractivity contribution < 1.29 is 8.81 Å². The first-order valence-corrected chi connectivity index (χ1v) is 6.35. The van der Waals surface area contributed by atoms with E-state index in [-0.39, 0.29) is 5.82 Å². The van der Waals surface area contributed by atoms with E-state index in [0.29, 0.717) is 5.69 Å². The minimum absolute atomic E-state index is 0.303. The summed E-state index contributed by atoms with van der Waals surface area (Å²) in [4.78, 5) is 4.23. The van der Waals surface area contributed by atoms with Gasteiger partial charge in [-0.05, 0) is 18.2 Å². The largest absolute Gasteiger partial charge is 0.455 e. The molecule has 4 rings (SSSR count). The van der Waals surface area contributed by atoms with Crippen molar-refractivity contribution in [1.82, 2.24) is 4.98 Å². The lowest BCUT2D eigenvalue weighted by Gasteiger charge is -2.01. The van der Waals surface area contributed by atoms with Crippen LogP contribution in [0.4, 0.5) is 4.39 Å². The van der Waals surface area contributed by atoms with E-state index in [2.05, 4.69) is 4.98 Å². The Labute approximate surface area is 114 Å². The van der Waals surface area contributed by atoms with Crippen LogP contribution in [0.5, 0.6) is 0 Å². The normalized spacial score (nSPS) is 11.2. The zero-order chi connectivity index (χ0) is 13.5. The van der Waals surface area contributed by atoms with Crippen LogP contribution in [0.25, 0.3) is 33.2 Å². The van der Waals surface area contributed by atoms with Gasteiger partial charge in [-0.1, -0.05) is 30.3 Å². The number of fused-ring (bicyclic) bond motifs is 3. The van der Waals surface area contributed by atoms with Crippen LogP contribution in [-0.2, 0) is 0 Å². The number of benzene rings is 2. The molecule has 0 amide bonds. The summed E-state index contributed by atoms with van der Waals surface area (Å²) in [5.41, 5.74) is 2.95. The lowest BCUT2D eigenvalue weighted by Crippen LogP contribution is -1.85. The van der Waals surface area contributed by atoms with E-state index >= 15 is 0 Å². The van der Waals surface area contributed by atoms with Crippen molar-refractivity contribution in [3.8, 4) is 11.3 Å². The fourth-order valence-electron chi connectivity index (χ4n) is 2.50. The molecule has 96 valence electrons. The Morgan fingerprint density at radius 1 is 0.900 bits per heavy atom. The lowest BCUT2D eigenvalue weighted by atomic mass is 10.1. The second-order valence-corrected chi connectivity index (χ2v) is 4.64. The number of hydrogen-bond acceptors (Lipinski definition) is 2. The van der Waals surface area contributed by atoms with Crippen molar-refractivity contribution in [1.29, 1.82) is 0 Å². The third-order valence-corrected chi connectivity index (χ3v) is 3.40. The minimum atomic E-state index is -0.303. The SMILES string of the molecule is Fc1ccnc(-c2cccc3c2oc2ccccc23)c1. The maximum Gasteiger partial charge on any atom is 0.144 e. The van der Waals surface area contributed by atoms with Crippen molar-refractivity contribution >= 4 is 21.9 Å². The highest BCUT2D eigenvalue weighted by Gasteiger charge is 2.12. The number of halogens is 1. The highest BCUT2D eigenvalue weighted by Crippen LogP contribution is 2.34. The fourth-order valence-corrected chi connectivity index (χ4v) is 2.50. The van der Waals surface area contributed by atoms with E-state index < -0.39 is 0 Å². The maximum absolute atomic E-state index is 13.4. The molecule has 0 radical (unpaired) electrons. The summed E-state index contributed by atoms with van der Waals surface area (Å²) in [6.45, 7) is 0. The highest BCUT2D eigenvalue weighted by molar-refractivity contribution is 6.09. The zero-order valence-corrected chi connectivity index (χ0v) is 10.5. The molecule has 0 aliphatic rings. The number of furan rings is 1. The van der Waals surface area contributed by atoms with Gasteiger partial charge in [0.2, 0.25) is 0 Å². The summed E-state index contributed by atoms with van der Waals surface area (Å²) in [6.07, 6.45) is 1.46. The van der Waals surface area contributed by atoms with Crippen LogP contribution in [0.1, 0.15) is 0 Å². The zero-order valence-electron chi connectivity index (χ0n) is 10.5. The average Bonchev–Trinajstić information content (AvgIpc) is 2.86. The molecule has 2 aromatic carbocycles. The first-order valence-electron chi connectivity index (χ1n) is 6.35. The molecule has 0 unspecified atom stereocenters. The van der Waals surface area contributed by atoms with Crippen LogP contribution in [-0.4, -0.2) is 4.98 Å². The van der Waals surface area contributed by atoms with Gasteiger partial charge >= 0.3 is 0 Å². The Morgan fingerprint density at radius 3 is 2.65 bits per heavy atom. The second-order valence-electron chi connectivity index (χ2n) is 4.64. The molecule has 0 aliphatic heterocycles. The van der Waals surface area contributed by atoms with Gasteiger partial charge in [-0.15, -0.1) is 0 Å². The van der Waals surface area contributed by atoms with Crippen molar-refractivity contribution in [3.63, 3.8) is 0 Å². The summed E-state index contributed by atoms with van der Waals surface area (Å²) in [5.74, 6) is -0.303. The summed E-state index contributed by atoms with van der Waals surface area (Å²) < 4.78 is 19.3. The number of para-hydroxylation sites is 2. The number of nitrogens with zero attached hydrogens (tertiary/aromatic N) is 1. The molecule has 20 heavy (non-hydrogen) atoms. The van der Waals surface area contributed by atoms with Crippen molar-refractivity contribution in [3.05, 3.63) is 66.6 Å². The molecule has 0 saturated heterocycles. The van der Waals surface area contributed by atoms with Gasteiger partial charge in [0.1, 0.15) is 17.0 Å². The molecule has 4 aromatic rings. The molecule has 2 heterocycles. The van der Waals surface area contributed by atoms with Crippen LogP contribution in [0.3, 0.4) is 0 Å². The molecular formula is C17H10FNO.